The number of methoxy groups -OCH3 is 2. The molecule has 0 unspecified atom stereocenters. The number of carbonyl (C=O) groups is 2. The molecule has 0 spiro atoms. The molecule has 2 aliphatic rings. The highest BCUT2D eigenvalue weighted by Crippen LogP contribution is 2.28. The molecule has 0 aliphatic carbocycles. The first-order valence-electron chi connectivity index (χ1n) is 8.76. The predicted octanol–water partition coefficient (Wildman–Crippen LogP) is 1.59. The Hall–Kier alpha value is -3.06. The molecule has 0 saturated carbocycles. The number of allylic oxidation sites excluding steroid dienone is 2. The van der Waals surface area contributed by atoms with Crippen molar-refractivity contribution in [3.63, 3.8) is 0 Å². The van der Waals surface area contributed by atoms with E-state index in [0.717, 1.165) is 37.6 Å². The third kappa shape index (κ3) is 4.03. The molecule has 2 heterocycles. The summed E-state index contributed by atoms with van der Waals surface area (Å²) in [6.45, 7) is 3.82. The number of hydrogen-bond donors (Lipinski definition) is 1. The lowest BCUT2D eigenvalue weighted by atomic mass is 10.1. The van der Waals surface area contributed by atoms with E-state index in [9.17, 15) is 9.59 Å². The number of hydrogen-bond acceptors (Lipinski definition) is 7. The maximum atomic E-state index is 12.4. The molecule has 1 fully saturated rings. The van der Waals surface area contributed by atoms with Crippen molar-refractivity contribution in [3.05, 3.63) is 60.0 Å². The highest BCUT2D eigenvalue weighted by Gasteiger charge is 2.27. The number of anilines is 2. The van der Waals surface area contributed by atoms with Gasteiger partial charge in [-0.1, -0.05) is 6.08 Å². The minimum Gasteiger partial charge on any atom is -0.465 e. The molecule has 1 N–H and O–H groups in total. The Bertz CT molecular complexity index is 790. The third-order valence-electron chi connectivity index (χ3n) is 4.50. The lowest BCUT2D eigenvalue weighted by Gasteiger charge is -2.30. The van der Waals surface area contributed by atoms with E-state index in [1.165, 1.54) is 14.2 Å². The van der Waals surface area contributed by atoms with Crippen molar-refractivity contribution in [3.8, 4) is 0 Å². The fourth-order valence-electron chi connectivity index (χ4n) is 3.11. The molecule has 0 aromatic heterocycles. The zero-order valence-electron chi connectivity index (χ0n) is 15.5. The van der Waals surface area contributed by atoms with Gasteiger partial charge < -0.3 is 24.6 Å². The van der Waals surface area contributed by atoms with Crippen LogP contribution in [0.1, 0.15) is 0 Å². The summed E-state index contributed by atoms with van der Waals surface area (Å²) in [6.07, 6.45) is 6.70. The van der Waals surface area contributed by atoms with E-state index in [-0.39, 0.29) is 11.3 Å². The SMILES string of the molecule is COC(=O)C1=C(C(=O)OC)N(c2ccc(N3CCNCC3)cc2)C=CC=C1. The molecule has 0 bridgehead atoms. The van der Waals surface area contributed by atoms with E-state index in [1.54, 1.807) is 29.3 Å². The summed E-state index contributed by atoms with van der Waals surface area (Å²) in [5, 5.41) is 3.33. The van der Waals surface area contributed by atoms with Crippen molar-refractivity contribution < 1.29 is 19.1 Å². The van der Waals surface area contributed by atoms with Gasteiger partial charge in [-0.25, -0.2) is 9.59 Å². The molecule has 7 heteroatoms. The number of ether oxygens (including phenoxy) is 2. The van der Waals surface area contributed by atoms with E-state index in [2.05, 4.69) is 10.2 Å². The lowest BCUT2D eigenvalue weighted by molar-refractivity contribution is -0.139. The lowest BCUT2D eigenvalue weighted by Crippen LogP contribution is -2.43. The summed E-state index contributed by atoms with van der Waals surface area (Å²) < 4.78 is 9.74. The summed E-state index contributed by atoms with van der Waals surface area (Å²) >= 11 is 0. The van der Waals surface area contributed by atoms with Gasteiger partial charge in [-0.15, -0.1) is 0 Å². The van der Waals surface area contributed by atoms with E-state index in [4.69, 9.17) is 9.47 Å². The minimum atomic E-state index is -0.613. The standard InChI is InChI=1S/C20H23N3O4/c1-26-19(24)17-5-3-4-12-23(18(17)20(25)27-2)16-8-6-15(7-9-16)22-13-10-21-11-14-22/h3-9,12,21H,10-11,13-14H2,1-2H3. The maximum Gasteiger partial charge on any atom is 0.355 e. The van der Waals surface area contributed by atoms with Gasteiger partial charge in [-0.2, -0.15) is 0 Å². The van der Waals surface area contributed by atoms with Crippen LogP contribution in [0.5, 0.6) is 0 Å². The van der Waals surface area contributed by atoms with Crippen molar-refractivity contribution in [2.75, 3.05) is 50.2 Å². The molecular formula is C20H23N3O4. The summed E-state index contributed by atoms with van der Waals surface area (Å²) in [5.41, 5.74) is 2.12. The number of piperazine rings is 1. The van der Waals surface area contributed by atoms with Gasteiger partial charge in [0.05, 0.1) is 19.8 Å². The van der Waals surface area contributed by atoms with Crippen LogP contribution in [0.15, 0.2) is 60.0 Å². The number of rotatable bonds is 4. The Morgan fingerprint density at radius 1 is 0.926 bits per heavy atom. The third-order valence-corrected chi connectivity index (χ3v) is 4.50. The van der Waals surface area contributed by atoms with Crippen LogP contribution in [-0.4, -0.2) is 52.3 Å². The van der Waals surface area contributed by atoms with Crippen molar-refractivity contribution in [2.45, 2.75) is 0 Å². The van der Waals surface area contributed by atoms with Gasteiger partial charge in [0.15, 0.2) is 0 Å². The summed E-state index contributed by atoms with van der Waals surface area (Å²) in [6, 6.07) is 7.87. The Morgan fingerprint density at radius 2 is 1.56 bits per heavy atom. The van der Waals surface area contributed by atoms with Crippen LogP contribution in [0.3, 0.4) is 0 Å². The van der Waals surface area contributed by atoms with Crippen molar-refractivity contribution in [1.29, 1.82) is 0 Å². The van der Waals surface area contributed by atoms with Gasteiger partial charge in [0.1, 0.15) is 5.70 Å². The van der Waals surface area contributed by atoms with Crippen LogP contribution in [0, 0.1) is 0 Å². The molecule has 7 nitrogen and oxygen atoms in total. The average Bonchev–Trinajstić information content (AvgIpc) is 2.96. The van der Waals surface area contributed by atoms with Gasteiger partial charge in [0.2, 0.25) is 0 Å². The van der Waals surface area contributed by atoms with Crippen LogP contribution >= 0.6 is 0 Å². The number of nitrogens with one attached hydrogen (secondary N) is 1. The first-order valence-corrected chi connectivity index (χ1v) is 8.76. The summed E-state index contributed by atoms with van der Waals surface area (Å²) in [4.78, 5) is 28.6. The number of benzene rings is 1. The van der Waals surface area contributed by atoms with Crippen LogP contribution < -0.4 is 15.1 Å². The van der Waals surface area contributed by atoms with E-state index in [0.29, 0.717) is 0 Å². The second kappa shape index (κ2) is 8.55. The Balaban J connectivity index is 1.97. The highest BCUT2D eigenvalue weighted by molar-refractivity contribution is 6.05. The van der Waals surface area contributed by atoms with Gasteiger partial charge in [0, 0.05) is 43.8 Å². The van der Waals surface area contributed by atoms with Gasteiger partial charge in [0.25, 0.3) is 0 Å². The Kier molecular flexibility index (Phi) is 5.93. The topological polar surface area (TPSA) is 71.1 Å². The molecule has 142 valence electrons. The highest BCUT2D eigenvalue weighted by atomic mass is 16.5. The van der Waals surface area contributed by atoms with Crippen LogP contribution in [0.4, 0.5) is 11.4 Å². The quantitative estimate of drug-likeness (QED) is 0.808. The molecule has 3 rings (SSSR count). The zero-order chi connectivity index (χ0) is 19.2. The number of carbonyl (C=O) groups excluding carboxylic acids is 2. The normalized spacial score (nSPS) is 17.0. The predicted molar refractivity (Wildman–Crippen MR) is 103 cm³/mol. The first kappa shape index (κ1) is 18.7. The second-order valence-electron chi connectivity index (χ2n) is 6.07. The fraction of sp³-hybridized carbons (Fsp3) is 0.300. The molecule has 2 aliphatic heterocycles. The van der Waals surface area contributed by atoms with Crippen molar-refractivity contribution >= 4 is 23.3 Å². The van der Waals surface area contributed by atoms with E-state index < -0.39 is 11.9 Å². The van der Waals surface area contributed by atoms with E-state index in [1.807, 2.05) is 24.3 Å². The van der Waals surface area contributed by atoms with Crippen LogP contribution in [0.2, 0.25) is 0 Å². The van der Waals surface area contributed by atoms with Gasteiger partial charge in [-0.05, 0) is 36.4 Å². The molecular weight excluding hydrogens is 346 g/mol. The number of nitrogens with zero attached hydrogens (tertiary/aromatic N) is 2. The average molecular weight is 369 g/mol. The Morgan fingerprint density at radius 3 is 2.19 bits per heavy atom. The fourth-order valence-corrected chi connectivity index (χ4v) is 3.11. The summed E-state index contributed by atoms with van der Waals surface area (Å²) in [5.74, 6) is -1.21. The molecule has 1 saturated heterocycles. The smallest absolute Gasteiger partial charge is 0.355 e. The molecule has 0 amide bonds. The first-order chi connectivity index (χ1) is 13.2. The van der Waals surface area contributed by atoms with Gasteiger partial charge in [-0.3, -0.25) is 0 Å². The molecule has 0 radical (unpaired) electrons. The largest absolute Gasteiger partial charge is 0.465 e. The van der Waals surface area contributed by atoms with Crippen LogP contribution in [0.25, 0.3) is 0 Å². The minimum absolute atomic E-state index is 0.115. The Labute approximate surface area is 158 Å². The van der Waals surface area contributed by atoms with Gasteiger partial charge >= 0.3 is 11.9 Å². The molecule has 1 aromatic carbocycles. The monoisotopic (exact) mass is 369 g/mol. The second-order valence-corrected chi connectivity index (χ2v) is 6.07. The van der Waals surface area contributed by atoms with E-state index >= 15 is 0 Å². The van der Waals surface area contributed by atoms with Crippen LogP contribution in [-0.2, 0) is 19.1 Å². The zero-order valence-corrected chi connectivity index (χ0v) is 15.5. The molecule has 0 atom stereocenters. The number of esters is 2. The van der Waals surface area contributed by atoms with Crippen molar-refractivity contribution in [1.82, 2.24) is 5.32 Å². The molecule has 1 aromatic rings. The van der Waals surface area contributed by atoms with Crippen molar-refractivity contribution in [2.24, 2.45) is 0 Å². The molecule has 27 heavy (non-hydrogen) atoms. The maximum absolute atomic E-state index is 12.4. The summed E-state index contributed by atoms with van der Waals surface area (Å²) in [7, 11) is 2.57.